The molecule has 3 rings (SSSR count). The van der Waals surface area contributed by atoms with E-state index in [0.717, 1.165) is 11.1 Å². The van der Waals surface area contributed by atoms with Crippen LogP contribution < -0.4 is 0 Å². The quantitative estimate of drug-likeness (QED) is 0.571. The maximum absolute atomic E-state index is 12.0. The molecule has 0 N–H and O–H groups in total. The van der Waals surface area contributed by atoms with Gasteiger partial charge in [0.2, 0.25) is 5.90 Å². The third kappa shape index (κ3) is 3.57. The summed E-state index contributed by atoms with van der Waals surface area (Å²) < 4.78 is 5.30. The summed E-state index contributed by atoms with van der Waals surface area (Å²) in [6.45, 7) is 6.46. The summed E-state index contributed by atoms with van der Waals surface area (Å²) in [7, 11) is 0. The fourth-order valence-corrected chi connectivity index (χ4v) is 2.60. The van der Waals surface area contributed by atoms with Crippen molar-refractivity contribution in [1.82, 2.24) is 0 Å². The lowest BCUT2D eigenvalue weighted by atomic mass is 9.87. The number of esters is 1. The number of ether oxygens (including phenoxy) is 1. The van der Waals surface area contributed by atoms with Crippen LogP contribution in [0.5, 0.6) is 0 Å². The lowest BCUT2D eigenvalue weighted by molar-refractivity contribution is -0.129. The number of benzene rings is 2. The molecule has 0 spiro atoms. The van der Waals surface area contributed by atoms with Crippen LogP contribution in [0.1, 0.15) is 37.5 Å². The summed E-state index contributed by atoms with van der Waals surface area (Å²) >= 11 is 5.96. The first-order chi connectivity index (χ1) is 11.3. The van der Waals surface area contributed by atoms with Gasteiger partial charge < -0.3 is 4.74 Å². The molecule has 122 valence electrons. The molecule has 2 aromatic rings. The molecule has 24 heavy (non-hydrogen) atoms. The van der Waals surface area contributed by atoms with Crippen molar-refractivity contribution in [3.63, 3.8) is 0 Å². The summed E-state index contributed by atoms with van der Waals surface area (Å²) in [5.74, 6) is -0.126. The van der Waals surface area contributed by atoms with E-state index in [1.54, 1.807) is 18.2 Å². The Balaban J connectivity index is 1.89. The van der Waals surface area contributed by atoms with E-state index >= 15 is 0 Å². The Labute approximate surface area is 146 Å². The molecule has 0 aromatic heterocycles. The van der Waals surface area contributed by atoms with Gasteiger partial charge in [-0.1, -0.05) is 56.6 Å². The van der Waals surface area contributed by atoms with Crippen molar-refractivity contribution >= 4 is 29.5 Å². The van der Waals surface area contributed by atoms with Gasteiger partial charge in [0.25, 0.3) is 0 Å². The van der Waals surface area contributed by atoms with Gasteiger partial charge in [-0.25, -0.2) is 9.79 Å². The molecular formula is C20H18ClNO2. The van der Waals surface area contributed by atoms with Gasteiger partial charge in [-0.3, -0.25) is 0 Å². The summed E-state index contributed by atoms with van der Waals surface area (Å²) in [5, 5.41) is 0.609. The fraction of sp³-hybridized carbons (Fsp3) is 0.200. The smallest absolute Gasteiger partial charge is 0.363 e. The Hall–Kier alpha value is -2.39. The van der Waals surface area contributed by atoms with Gasteiger partial charge in [-0.2, -0.15) is 0 Å². The fourth-order valence-electron chi connectivity index (χ4n) is 2.40. The molecule has 1 aliphatic rings. The molecule has 2 aromatic carbocycles. The lowest BCUT2D eigenvalue weighted by Gasteiger charge is -2.18. The van der Waals surface area contributed by atoms with Crippen molar-refractivity contribution < 1.29 is 9.53 Å². The number of hydrogen-bond acceptors (Lipinski definition) is 3. The number of halogens is 1. The van der Waals surface area contributed by atoms with Crippen LogP contribution in [-0.2, 0) is 14.9 Å². The van der Waals surface area contributed by atoms with Crippen molar-refractivity contribution in [2.45, 2.75) is 26.2 Å². The highest BCUT2D eigenvalue weighted by atomic mass is 35.5. The Morgan fingerprint density at radius 1 is 1.08 bits per heavy atom. The highest BCUT2D eigenvalue weighted by molar-refractivity contribution is 6.30. The molecule has 0 bridgehead atoms. The summed E-state index contributed by atoms with van der Waals surface area (Å²) in [4.78, 5) is 16.4. The number of cyclic esters (lactones) is 1. The van der Waals surface area contributed by atoms with Crippen LogP contribution in [0.2, 0.25) is 5.02 Å². The zero-order chi connectivity index (χ0) is 17.3. The minimum Gasteiger partial charge on any atom is -0.402 e. The average molecular weight is 340 g/mol. The first-order valence-electron chi connectivity index (χ1n) is 7.72. The van der Waals surface area contributed by atoms with Crippen LogP contribution in [0.4, 0.5) is 0 Å². The molecule has 0 radical (unpaired) electrons. The van der Waals surface area contributed by atoms with Crippen LogP contribution in [0, 0.1) is 0 Å². The molecule has 4 heteroatoms. The monoisotopic (exact) mass is 339 g/mol. The van der Waals surface area contributed by atoms with E-state index in [-0.39, 0.29) is 11.1 Å². The summed E-state index contributed by atoms with van der Waals surface area (Å²) in [6, 6.07) is 15.1. The molecule has 1 aliphatic heterocycles. The van der Waals surface area contributed by atoms with Crippen molar-refractivity contribution in [2.24, 2.45) is 4.99 Å². The number of carbonyl (C=O) groups is 1. The Bertz CT molecular complexity index is 843. The van der Waals surface area contributed by atoms with Crippen LogP contribution in [-0.4, -0.2) is 11.9 Å². The van der Waals surface area contributed by atoms with Crippen molar-refractivity contribution in [2.75, 3.05) is 0 Å². The number of rotatable bonds is 2. The second-order valence-electron chi connectivity index (χ2n) is 6.72. The molecule has 1 heterocycles. The van der Waals surface area contributed by atoms with E-state index in [0.29, 0.717) is 10.9 Å². The van der Waals surface area contributed by atoms with Crippen molar-refractivity contribution in [3.8, 4) is 0 Å². The number of aliphatic imine (C=N–C) groups is 1. The van der Waals surface area contributed by atoms with Gasteiger partial charge in [0.1, 0.15) is 0 Å². The number of nitrogens with zero attached hydrogens (tertiary/aromatic N) is 1. The second kappa shape index (κ2) is 6.25. The zero-order valence-electron chi connectivity index (χ0n) is 13.8. The molecular weight excluding hydrogens is 322 g/mol. The van der Waals surface area contributed by atoms with Crippen molar-refractivity contribution in [1.29, 1.82) is 0 Å². The second-order valence-corrected chi connectivity index (χ2v) is 7.15. The first kappa shape index (κ1) is 16.5. The van der Waals surface area contributed by atoms with E-state index in [4.69, 9.17) is 16.3 Å². The van der Waals surface area contributed by atoms with Crippen LogP contribution >= 0.6 is 11.6 Å². The van der Waals surface area contributed by atoms with Gasteiger partial charge in [0.15, 0.2) is 5.70 Å². The van der Waals surface area contributed by atoms with Crippen LogP contribution in [0.15, 0.2) is 59.2 Å². The molecule has 0 unspecified atom stereocenters. The topological polar surface area (TPSA) is 38.7 Å². The van der Waals surface area contributed by atoms with Crippen molar-refractivity contribution in [3.05, 3.63) is 75.9 Å². The highest BCUT2D eigenvalue weighted by Crippen LogP contribution is 2.24. The molecule has 0 saturated heterocycles. The predicted octanol–water partition coefficient (Wildman–Crippen LogP) is 4.98. The van der Waals surface area contributed by atoms with Gasteiger partial charge >= 0.3 is 5.97 Å². The molecule has 0 fully saturated rings. The van der Waals surface area contributed by atoms with Gasteiger partial charge in [0, 0.05) is 10.6 Å². The Morgan fingerprint density at radius 3 is 2.42 bits per heavy atom. The average Bonchev–Trinajstić information content (AvgIpc) is 2.88. The first-order valence-corrected chi connectivity index (χ1v) is 8.10. The van der Waals surface area contributed by atoms with Gasteiger partial charge in [0.05, 0.1) is 0 Å². The highest BCUT2D eigenvalue weighted by Gasteiger charge is 2.24. The molecule has 0 atom stereocenters. The normalized spacial score (nSPS) is 16.2. The summed E-state index contributed by atoms with van der Waals surface area (Å²) in [5.41, 5.74) is 3.15. The van der Waals surface area contributed by atoms with E-state index in [2.05, 4.69) is 25.8 Å². The third-order valence-corrected chi connectivity index (χ3v) is 4.01. The lowest BCUT2D eigenvalue weighted by Crippen LogP contribution is -2.11. The maximum Gasteiger partial charge on any atom is 0.363 e. The molecule has 0 saturated carbocycles. The minimum atomic E-state index is -0.454. The Morgan fingerprint density at radius 2 is 1.79 bits per heavy atom. The van der Waals surface area contributed by atoms with E-state index < -0.39 is 5.97 Å². The van der Waals surface area contributed by atoms with Gasteiger partial charge in [-0.15, -0.1) is 0 Å². The SMILES string of the molecule is CC(C)(C)c1ccc(C2=N/C(=C\c3cccc(Cl)c3)C(=O)O2)cc1. The molecule has 0 amide bonds. The molecule has 3 nitrogen and oxygen atoms in total. The Kier molecular flexibility index (Phi) is 4.29. The van der Waals surface area contributed by atoms with Crippen LogP contribution in [0.3, 0.4) is 0 Å². The van der Waals surface area contributed by atoms with E-state index in [9.17, 15) is 4.79 Å². The zero-order valence-corrected chi connectivity index (χ0v) is 14.6. The minimum absolute atomic E-state index is 0.0737. The predicted molar refractivity (Wildman–Crippen MR) is 97.2 cm³/mol. The van der Waals surface area contributed by atoms with Gasteiger partial charge in [-0.05, 0) is 46.9 Å². The third-order valence-electron chi connectivity index (χ3n) is 3.77. The van der Waals surface area contributed by atoms with E-state index in [1.165, 1.54) is 5.56 Å². The number of hydrogen-bond donors (Lipinski definition) is 0. The summed E-state index contributed by atoms with van der Waals surface area (Å²) in [6.07, 6.45) is 1.67. The maximum atomic E-state index is 12.0. The van der Waals surface area contributed by atoms with E-state index in [1.807, 2.05) is 36.4 Å². The number of carbonyl (C=O) groups excluding carboxylic acids is 1. The van der Waals surface area contributed by atoms with Crippen LogP contribution in [0.25, 0.3) is 6.08 Å². The molecule has 0 aliphatic carbocycles. The largest absolute Gasteiger partial charge is 0.402 e. The standard InChI is InChI=1S/C20H18ClNO2/c1-20(2,3)15-9-7-14(8-10-15)18-22-17(19(23)24-18)12-13-5-4-6-16(21)11-13/h4-12H,1-3H3/b17-12-.